The lowest BCUT2D eigenvalue weighted by atomic mass is 10.1. The maximum absolute atomic E-state index is 13.6. The molecule has 1 aromatic carbocycles. The quantitative estimate of drug-likeness (QED) is 0.754. The molecule has 3 rings (SSSR count). The predicted octanol–water partition coefficient (Wildman–Crippen LogP) is 2.91. The third-order valence-corrected chi connectivity index (χ3v) is 3.75. The van der Waals surface area contributed by atoms with E-state index in [0.29, 0.717) is 11.3 Å². The number of nitrogens with zero attached hydrogens (tertiary/aromatic N) is 4. The van der Waals surface area contributed by atoms with Gasteiger partial charge in [0.25, 0.3) is 0 Å². The molecule has 1 N–H and O–H groups in total. The second kappa shape index (κ2) is 7.12. The van der Waals surface area contributed by atoms with Gasteiger partial charge in [0.1, 0.15) is 11.4 Å². The van der Waals surface area contributed by atoms with Crippen molar-refractivity contribution >= 4 is 0 Å². The number of methoxy groups -OCH3 is 1. The SMILES string of the molecule is COc1ccc(Cn2nnc(-c3ccnc(CO)c3)c2C(F)(F)F)cc1. The van der Waals surface area contributed by atoms with Crippen molar-refractivity contribution < 1.29 is 23.0 Å². The van der Waals surface area contributed by atoms with Crippen LogP contribution in [-0.4, -0.2) is 32.2 Å². The standard InChI is InChI=1S/C17H15F3N4O2/c1-26-14-4-2-11(3-5-14)9-24-16(17(18,19)20)15(22-23-24)12-6-7-21-13(8-12)10-25/h2-8,25H,9-10H2,1H3. The normalized spacial score (nSPS) is 11.6. The van der Waals surface area contributed by atoms with Crippen LogP contribution in [0.5, 0.6) is 5.75 Å². The van der Waals surface area contributed by atoms with E-state index in [1.165, 1.54) is 25.4 Å². The van der Waals surface area contributed by atoms with Crippen molar-refractivity contribution in [3.8, 4) is 17.0 Å². The molecule has 0 radical (unpaired) electrons. The molecular formula is C17H15F3N4O2. The van der Waals surface area contributed by atoms with Crippen LogP contribution >= 0.6 is 0 Å². The van der Waals surface area contributed by atoms with Gasteiger partial charge in [0, 0.05) is 11.8 Å². The molecule has 2 heterocycles. The molecule has 0 aliphatic heterocycles. The van der Waals surface area contributed by atoms with E-state index >= 15 is 0 Å². The number of pyridine rings is 1. The molecule has 136 valence electrons. The molecule has 0 fully saturated rings. The van der Waals surface area contributed by atoms with Gasteiger partial charge in [-0.15, -0.1) is 5.10 Å². The molecule has 0 saturated carbocycles. The molecule has 9 heteroatoms. The number of alkyl halides is 3. The first kappa shape index (κ1) is 17.9. The summed E-state index contributed by atoms with van der Waals surface area (Å²) in [7, 11) is 1.51. The molecule has 0 amide bonds. The summed E-state index contributed by atoms with van der Waals surface area (Å²) in [6.45, 7) is -0.473. The zero-order valence-corrected chi connectivity index (χ0v) is 13.7. The summed E-state index contributed by atoms with van der Waals surface area (Å²) in [5.74, 6) is 0.609. The van der Waals surface area contributed by atoms with E-state index in [1.54, 1.807) is 24.3 Å². The van der Waals surface area contributed by atoms with Crippen LogP contribution in [0.25, 0.3) is 11.3 Å². The summed E-state index contributed by atoms with van der Waals surface area (Å²) in [6.07, 6.45) is -3.32. The van der Waals surface area contributed by atoms with Crippen molar-refractivity contribution in [2.24, 2.45) is 0 Å². The van der Waals surface area contributed by atoms with Crippen LogP contribution in [0.1, 0.15) is 17.0 Å². The van der Waals surface area contributed by atoms with Gasteiger partial charge in [-0.2, -0.15) is 13.2 Å². The van der Waals surface area contributed by atoms with Gasteiger partial charge in [-0.1, -0.05) is 17.3 Å². The van der Waals surface area contributed by atoms with Crippen molar-refractivity contribution in [3.05, 3.63) is 59.5 Å². The minimum atomic E-state index is -4.64. The summed E-state index contributed by atoms with van der Waals surface area (Å²) in [5.41, 5.74) is -0.192. The van der Waals surface area contributed by atoms with Crippen LogP contribution in [0.15, 0.2) is 42.6 Å². The Hall–Kier alpha value is -2.94. The first-order valence-corrected chi connectivity index (χ1v) is 7.62. The van der Waals surface area contributed by atoms with Crippen LogP contribution < -0.4 is 4.74 Å². The highest BCUT2D eigenvalue weighted by atomic mass is 19.4. The monoisotopic (exact) mass is 364 g/mol. The minimum Gasteiger partial charge on any atom is -0.497 e. The van der Waals surface area contributed by atoms with Crippen molar-refractivity contribution in [1.82, 2.24) is 20.0 Å². The highest BCUT2D eigenvalue weighted by molar-refractivity contribution is 5.62. The van der Waals surface area contributed by atoms with Crippen molar-refractivity contribution in [2.45, 2.75) is 19.3 Å². The van der Waals surface area contributed by atoms with Crippen LogP contribution in [-0.2, 0) is 19.3 Å². The van der Waals surface area contributed by atoms with Crippen molar-refractivity contribution in [2.75, 3.05) is 7.11 Å². The van der Waals surface area contributed by atoms with Crippen LogP contribution in [0.3, 0.4) is 0 Å². The fourth-order valence-corrected chi connectivity index (χ4v) is 2.51. The molecular weight excluding hydrogens is 349 g/mol. The molecule has 0 saturated heterocycles. The molecule has 0 aliphatic rings. The van der Waals surface area contributed by atoms with E-state index in [9.17, 15) is 13.2 Å². The Morgan fingerprint density at radius 1 is 1.15 bits per heavy atom. The van der Waals surface area contributed by atoms with Gasteiger partial charge in [-0.05, 0) is 29.8 Å². The first-order chi connectivity index (χ1) is 12.4. The van der Waals surface area contributed by atoms with E-state index < -0.39 is 11.9 Å². The van der Waals surface area contributed by atoms with Crippen molar-refractivity contribution in [1.29, 1.82) is 0 Å². The summed E-state index contributed by atoms with van der Waals surface area (Å²) < 4.78 is 46.8. The fourth-order valence-electron chi connectivity index (χ4n) is 2.51. The maximum Gasteiger partial charge on any atom is 0.435 e. The van der Waals surface area contributed by atoms with Gasteiger partial charge >= 0.3 is 6.18 Å². The largest absolute Gasteiger partial charge is 0.497 e. The Labute approximate surface area is 146 Å². The maximum atomic E-state index is 13.6. The molecule has 0 aliphatic carbocycles. The number of hydrogen-bond acceptors (Lipinski definition) is 5. The van der Waals surface area contributed by atoms with Gasteiger partial charge in [0.2, 0.25) is 0 Å². The predicted molar refractivity (Wildman–Crippen MR) is 86.3 cm³/mol. The average molecular weight is 364 g/mol. The van der Waals surface area contributed by atoms with E-state index in [-0.39, 0.29) is 30.1 Å². The van der Waals surface area contributed by atoms with E-state index in [4.69, 9.17) is 9.84 Å². The van der Waals surface area contributed by atoms with Gasteiger partial charge in [0.05, 0.1) is 26.0 Å². The lowest BCUT2D eigenvalue weighted by Gasteiger charge is -2.12. The van der Waals surface area contributed by atoms with Crippen LogP contribution in [0, 0.1) is 0 Å². The zero-order chi connectivity index (χ0) is 18.7. The Morgan fingerprint density at radius 2 is 1.88 bits per heavy atom. The number of aliphatic hydroxyl groups excluding tert-OH is 1. The third kappa shape index (κ3) is 3.67. The van der Waals surface area contributed by atoms with E-state index in [2.05, 4.69) is 15.3 Å². The fraction of sp³-hybridized carbons (Fsp3) is 0.235. The molecule has 6 nitrogen and oxygen atoms in total. The Balaban J connectivity index is 2.02. The summed E-state index contributed by atoms with van der Waals surface area (Å²) in [4.78, 5) is 3.87. The van der Waals surface area contributed by atoms with Crippen LogP contribution in [0.2, 0.25) is 0 Å². The van der Waals surface area contributed by atoms with Crippen LogP contribution in [0.4, 0.5) is 13.2 Å². The van der Waals surface area contributed by atoms with Gasteiger partial charge in [-0.3, -0.25) is 4.98 Å². The number of rotatable bonds is 5. The Bertz CT molecular complexity index is 892. The van der Waals surface area contributed by atoms with Gasteiger partial charge in [0.15, 0.2) is 5.69 Å². The average Bonchev–Trinajstić information content (AvgIpc) is 3.06. The number of ether oxygens (including phenoxy) is 1. The van der Waals surface area contributed by atoms with E-state index in [1.807, 2.05) is 0 Å². The molecule has 2 aromatic heterocycles. The summed E-state index contributed by atoms with van der Waals surface area (Å²) >= 11 is 0. The molecule has 3 aromatic rings. The number of hydrogen-bond donors (Lipinski definition) is 1. The third-order valence-electron chi connectivity index (χ3n) is 3.75. The topological polar surface area (TPSA) is 73.1 Å². The molecule has 0 unspecified atom stereocenters. The van der Waals surface area contributed by atoms with Gasteiger partial charge < -0.3 is 9.84 Å². The van der Waals surface area contributed by atoms with Gasteiger partial charge in [-0.25, -0.2) is 4.68 Å². The Morgan fingerprint density at radius 3 is 2.50 bits per heavy atom. The number of aliphatic hydroxyl groups is 1. The number of aromatic nitrogens is 4. The highest BCUT2D eigenvalue weighted by Crippen LogP contribution is 2.36. The summed E-state index contributed by atoms with van der Waals surface area (Å²) in [5, 5.41) is 16.5. The lowest BCUT2D eigenvalue weighted by molar-refractivity contribution is -0.143. The Kier molecular flexibility index (Phi) is 4.90. The zero-order valence-electron chi connectivity index (χ0n) is 13.7. The van der Waals surface area contributed by atoms with Crippen molar-refractivity contribution in [3.63, 3.8) is 0 Å². The molecule has 0 atom stereocenters. The molecule has 0 bridgehead atoms. The molecule has 26 heavy (non-hydrogen) atoms. The smallest absolute Gasteiger partial charge is 0.435 e. The number of halogens is 3. The summed E-state index contributed by atoms with van der Waals surface area (Å²) in [6, 6.07) is 9.41. The highest BCUT2D eigenvalue weighted by Gasteiger charge is 2.39. The first-order valence-electron chi connectivity index (χ1n) is 7.62. The van der Waals surface area contributed by atoms with E-state index in [0.717, 1.165) is 4.68 Å². The second-order valence-corrected chi connectivity index (χ2v) is 5.48. The number of benzene rings is 1. The molecule has 0 spiro atoms. The minimum absolute atomic E-state index is 0.0935. The second-order valence-electron chi connectivity index (χ2n) is 5.48. The lowest BCUT2D eigenvalue weighted by Crippen LogP contribution is -2.16.